The molecule has 2 N–H and O–H groups in total. The lowest BCUT2D eigenvalue weighted by atomic mass is 10.0. The minimum Gasteiger partial charge on any atom is -0.480 e. The van der Waals surface area contributed by atoms with Crippen molar-refractivity contribution >= 4 is 11.9 Å². The predicted molar refractivity (Wildman–Crippen MR) is 75.9 cm³/mol. The summed E-state index contributed by atoms with van der Waals surface area (Å²) in [4.78, 5) is 23.1. The van der Waals surface area contributed by atoms with Gasteiger partial charge in [-0.25, -0.2) is 4.79 Å². The fraction of sp³-hybridized carbons (Fsp3) is 0.643. The number of alkyl halides is 3. The van der Waals surface area contributed by atoms with Gasteiger partial charge in [0.25, 0.3) is 0 Å². The maximum atomic E-state index is 12.5. The van der Waals surface area contributed by atoms with E-state index >= 15 is 0 Å². The monoisotopic (exact) mass is 335 g/mol. The second-order valence-corrected chi connectivity index (χ2v) is 5.73. The minimum absolute atomic E-state index is 0.216. The molecule has 1 amide bonds. The summed E-state index contributed by atoms with van der Waals surface area (Å²) < 4.78 is 38.2. The number of halogens is 3. The Balaban J connectivity index is 2.89. The molecular formula is C14H20F3N3O3. The molecular weight excluding hydrogens is 315 g/mol. The van der Waals surface area contributed by atoms with E-state index < -0.39 is 30.6 Å². The molecule has 9 heteroatoms. The summed E-state index contributed by atoms with van der Waals surface area (Å²) in [7, 11) is 0. The summed E-state index contributed by atoms with van der Waals surface area (Å²) in [6.45, 7) is 5.03. The Bertz CT molecular complexity index is 594. The van der Waals surface area contributed by atoms with E-state index in [0.717, 1.165) is 4.68 Å². The van der Waals surface area contributed by atoms with E-state index in [4.69, 9.17) is 5.11 Å². The average molecular weight is 335 g/mol. The van der Waals surface area contributed by atoms with Crippen LogP contribution in [-0.4, -0.2) is 39.0 Å². The smallest absolute Gasteiger partial charge is 0.408 e. The average Bonchev–Trinajstić information content (AvgIpc) is 2.61. The summed E-state index contributed by atoms with van der Waals surface area (Å²) >= 11 is 0. The molecule has 130 valence electrons. The number of carbonyl (C=O) groups excluding carboxylic acids is 1. The van der Waals surface area contributed by atoms with E-state index in [2.05, 4.69) is 10.4 Å². The van der Waals surface area contributed by atoms with Crippen LogP contribution in [0.5, 0.6) is 0 Å². The Morgan fingerprint density at radius 3 is 2.30 bits per heavy atom. The van der Waals surface area contributed by atoms with Gasteiger partial charge in [-0.05, 0) is 19.8 Å². The number of carbonyl (C=O) groups is 2. The molecule has 1 atom stereocenters. The van der Waals surface area contributed by atoms with Crippen LogP contribution in [0.1, 0.15) is 30.8 Å². The Labute approximate surface area is 131 Å². The van der Waals surface area contributed by atoms with Crippen molar-refractivity contribution in [2.75, 3.05) is 0 Å². The van der Waals surface area contributed by atoms with E-state index in [1.54, 1.807) is 13.8 Å². The first-order valence-electron chi connectivity index (χ1n) is 7.04. The van der Waals surface area contributed by atoms with Crippen molar-refractivity contribution in [3.63, 3.8) is 0 Å². The number of carboxylic acids is 1. The van der Waals surface area contributed by atoms with E-state index in [0.29, 0.717) is 11.3 Å². The molecule has 0 aromatic carbocycles. The van der Waals surface area contributed by atoms with E-state index in [1.807, 2.05) is 0 Å². The Kier molecular flexibility index (Phi) is 5.79. The lowest BCUT2D eigenvalue weighted by Crippen LogP contribution is -2.45. The number of aryl methyl sites for hydroxylation is 1. The zero-order chi connectivity index (χ0) is 17.9. The quantitative estimate of drug-likeness (QED) is 0.831. The van der Waals surface area contributed by atoms with Crippen LogP contribution < -0.4 is 5.32 Å². The van der Waals surface area contributed by atoms with Crippen LogP contribution in [0.2, 0.25) is 0 Å². The highest BCUT2D eigenvalue weighted by molar-refractivity contribution is 5.85. The first-order chi connectivity index (χ1) is 10.4. The molecule has 0 aliphatic rings. The van der Waals surface area contributed by atoms with Gasteiger partial charge >= 0.3 is 12.1 Å². The second kappa shape index (κ2) is 7.01. The van der Waals surface area contributed by atoms with Crippen LogP contribution in [0.4, 0.5) is 13.2 Å². The van der Waals surface area contributed by atoms with E-state index in [1.165, 1.54) is 13.8 Å². The highest BCUT2D eigenvalue weighted by Gasteiger charge is 2.30. The van der Waals surface area contributed by atoms with Crippen LogP contribution in [0.3, 0.4) is 0 Å². The molecule has 0 saturated carbocycles. The lowest BCUT2D eigenvalue weighted by Gasteiger charge is -2.18. The molecule has 1 aromatic rings. The second-order valence-electron chi connectivity index (χ2n) is 5.73. The summed E-state index contributed by atoms with van der Waals surface area (Å²) in [5, 5.41) is 15.2. The number of nitrogens with one attached hydrogen (secondary N) is 1. The normalized spacial score (nSPS) is 13.2. The SMILES string of the molecule is Cc1nn(CC(F)(F)F)c(C)c1CC(=O)N[C@@H](C(=O)O)C(C)C. The fourth-order valence-electron chi connectivity index (χ4n) is 2.21. The van der Waals surface area contributed by atoms with Gasteiger partial charge in [0.05, 0.1) is 12.1 Å². The van der Waals surface area contributed by atoms with Crippen molar-refractivity contribution in [2.45, 2.75) is 52.9 Å². The lowest BCUT2D eigenvalue weighted by molar-refractivity contribution is -0.143. The summed E-state index contributed by atoms with van der Waals surface area (Å²) in [5.41, 5.74) is 0.935. The highest BCUT2D eigenvalue weighted by atomic mass is 19.4. The van der Waals surface area contributed by atoms with E-state index in [-0.39, 0.29) is 18.0 Å². The predicted octanol–water partition coefficient (Wildman–Crippen LogP) is 1.83. The van der Waals surface area contributed by atoms with Crippen LogP contribution in [-0.2, 0) is 22.6 Å². The van der Waals surface area contributed by atoms with Gasteiger partial charge in [-0.15, -0.1) is 0 Å². The number of nitrogens with zero attached hydrogens (tertiary/aromatic N) is 2. The van der Waals surface area contributed by atoms with Crippen LogP contribution in [0.15, 0.2) is 0 Å². The number of hydrogen-bond acceptors (Lipinski definition) is 3. The number of hydrogen-bond donors (Lipinski definition) is 2. The van der Waals surface area contributed by atoms with Crippen molar-refractivity contribution in [2.24, 2.45) is 5.92 Å². The molecule has 0 aliphatic carbocycles. The number of rotatable bonds is 6. The van der Waals surface area contributed by atoms with Gasteiger partial charge in [-0.3, -0.25) is 9.48 Å². The topological polar surface area (TPSA) is 84.2 Å². The van der Waals surface area contributed by atoms with Gasteiger partial charge in [0.2, 0.25) is 5.91 Å². The van der Waals surface area contributed by atoms with Crippen LogP contribution in [0.25, 0.3) is 0 Å². The molecule has 1 heterocycles. The first-order valence-corrected chi connectivity index (χ1v) is 7.04. The van der Waals surface area contributed by atoms with Gasteiger partial charge in [-0.1, -0.05) is 13.8 Å². The zero-order valence-corrected chi connectivity index (χ0v) is 13.4. The summed E-state index contributed by atoms with van der Waals surface area (Å²) in [6.07, 6.45) is -4.62. The summed E-state index contributed by atoms with van der Waals surface area (Å²) in [6, 6.07) is -1.05. The molecule has 0 bridgehead atoms. The van der Waals surface area contributed by atoms with Crippen molar-refractivity contribution in [1.82, 2.24) is 15.1 Å². The number of aliphatic carboxylic acids is 1. The van der Waals surface area contributed by atoms with Crippen molar-refractivity contribution in [1.29, 1.82) is 0 Å². The zero-order valence-electron chi connectivity index (χ0n) is 13.4. The minimum atomic E-state index is -4.41. The fourth-order valence-corrected chi connectivity index (χ4v) is 2.21. The Morgan fingerprint density at radius 1 is 1.30 bits per heavy atom. The van der Waals surface area contributed by atoms with Gasteiger partial charge in [0.15, 0.2) is 0 Å². The first kappa shape index (κ1) is 19.0. The van der Waals surface area contributed by atoms with Gasteiger partial charge in [-0.2, -0.15) is 18.3 Å². The van der Waals surface area contributed by atoms with E-state index in [9.17, 15) is 22.8 Å². The molecule has 23 heavy (non-hydrogen) atoms. The van der Waals surface area contributed by atoms with Crippen molar-refractivity contribution < 1.29 is 27.9 Å². The van der Waals surface area contributed by atoms with Gasteiger partial charge in [0, 0.05) is 11.3 Å². The molecule has 0 aliphatic heterocycles. The molecule has 1 aromatic heterocycles. The third kappa shape index (κ3) is 5.26. The van der Waals surface area contributed by atoms with Gasteiger partial charge in [0.1, 0.15) is 12.6 Å². The molecule has 6 nitrogen and oxygen atoms in total. The maximum absolute atomic E-state index is 12.5. The summed E-state index contributed by atoms with van der Waals surface area (Å²) in [5.74, 6) is -2.04. The number of aromatic nitrogens is 2. The molecule has 0 fully saturated rings. The number of carboxylic acid groups (broad SMARTS) is 1. The third-order valence-corrected chi connectivity index (χ3v) is 3.45. The van der Waals surface area contributed by atoms with Crippen molar-refractivity contribution in [3.05, 3.63) is 17.0 Å². The Morgan fingerprint density at radius 2 is 1.87 bits per heavy atom. The molecule has 1 rings (SSSR count). The van der Waals surface area contributed by atoms with Crippen molar-refractivity contribution in [3.8, 4) is 0 Å². The largest absolute Gasteiger partial charge is 0.480 e. The number of amides is 1. The highest BCUT2D eigenvalue weighted by Crippen LogP contribution is 2.21. The maximum Gasteiger partial charge on any atom is 0.408 e. The molecule has 0 spiro atoms. The molecule has 0 radical (unpaired) electrons. The molecule has 0 saturated heterocycles. The van der Waals surface area contributed by atoms with Crippen LogP contribution in [0, 0.1) is 19.8 Å². The standard InChI is InChI=1S/C14H20F3N3O3/c1-7(2)12(13(22)23)18-11(21)5-10-8(3)19-20(9(10)4)6-14(15,16)17/h7,12H,5-6H2,1-4H3,(H,18,21)(H,22,23)/t12-/m1/s1. The van der Waals surface area contributed by atoms with Gasteiger partial charge < -0.3 is 10.4 Å². The molecule has 0 unspecified atom stereocenters. The third-order valence-electron chi connectivity index (χ3n) is 3.45. The Hall–Kier alpha value is -2.06. The van der Waals surface area contributed by atoms with Crippen LogP contribution >= 0.6 is 0 Å².